The van der Waals surface area contributed by atoms with E-state index in [9.17, 15) is 31.5 Å². The van der Waals surface area contributed by atoms with Crippen molar-refractivity contribution in [3.05, 3.63) is 46.8 Å². The average Bonchev–Trinajstić information content (AvgIpc) is 3.26. The van der Waals surface area contributed by atoms with Gasteiger partial charge in [-0.05, 0) is 60.2 Å². The number of likely N-dealkylation sites (tertiary alicyclic amines) is 1. The number of piperidine rings is 1. The van der Waals surface area contributed by atoms with Gasteiger partial charge in [0.2, 0.25) is 0 Å². The van der Waals surface area contributed by atoms with Gasteiger partial charge in [-0.25, -0.2) is 13.2 Å². The number of alkyl halides is 3. The second kappa shape index (κ2) is 11.8. The van der Waals surface area contributed by atoms with Crippen LogP contribution in [-0.2, 0) is 16.3 Å². The van der Waals surface area contributed by atoms with Crippen molar-refractivity contribution < 1.29 is 36.2 Å². The lowest BCUT2D eigenvalue weighted by Gasteiger charge is -2.52. The van der Waals surface area contributed by atoms with E-state index in [1.165, 1.54) is 35.5 Å². The number of sulfone groups is 1. The second-order valence-electron chi connectivity index (χ2n) is 11.2. The molecular weight excluding hydrogens is 603 g/mol. The number of amides is 1. The average molecular weight is 636 g/mol. The zero-order valence-corrected chi connectivity index (χ0v) is 25.3. The number of halogens is 3. The highest BCUT2D eigenvalue weighted by Gasteiger charge is 2.46. The van der Waals surface area contributed by atoms with Crippen LogP contribution in [0.15, 0.2) is 41.3 Å². The number of hydrogen-bond donors (Lipinski definition) is 3. The first-order chi connectivity index (χ1) is 20.3. The van der Waals surface area contributed by atoms with Crippen molar-refractivity contribution in [3.8, 4) is 17.6 Å². The molecule has 5 rings (SSSR count). The predicted octanol–water partition coefficient (Wildman–Crippen LogP) is 6.22. The Balaban J connectivity index is 1.33. The number of thiophene rings is 1. The van der Waals surface area contributed by atoms with Gasteiger partial charge in [-0.1, -0.05) is 24.0 Å². The van der Waals surface area contributed by atoms with Gasteiger partial charge in [0.15, 0.2) is 9.84 Å². The molecule has 1 saturated carbocycles. The number of nitrogens with one attached hydrogen (secondary N) is 2. The summed E-state index contributed by atoms with van der Waals surface area (Å²) in [6, 6.07) is 9.89. The molecule has 3 N–H and O–H groups in total. The topological polar surface area (TPSA) is 108 Å². The molecule has 0 unspecified atom stereocenters. The third-order valence-electron chi connectivity index (χ3n) is 8.18. The SMILES string of the molecule is COc1cc(S(C)(=O)=O)ccc1NCC#Cc1sc2c(NC3CC4(CCN(C(=O)O)CC4)C3)cccc2c1CC(F)(F)F. The molecule has 0 bridgehead atoms. The number of anilines is 2. The fourth-order valence-corrected chi connectivity index (χ4v) is 7.77. The Morgan fingerprint density at radius 2 is 1.91 bits per heavy atom. The molecular formula is C30H32F3N3O5S2. The first-order valence-electron chi connectivity index (χ1n) is 13.7. The summed E-state index contributed by atoms with van der Waals surface area (Å²) >= 11 is 1.23. The number of fused-ring (bicyclic) bond motifs is 1. The zero-order chi connectivity index (χ0) is 31.0. The molecule has 1 aliphatic heterocycles. The van der Waals surface area contributed by atoms with Gasteiger partial charge in [-0.2, -0.15) is 13.2 Å². The molecule has 2 fully saturated rings. The van der Waals surface area contributed by atoms with Crippen molar-refractivity contribution in [2.24, 2.45) is 5.41 Å². The van der Waals surface area contributed by atoms with E-state index in [2.05, 4.69) is 22.5 Å². The number of carbonyl (C=O) groups is 1. The smallest absolute Gasteiger partial charge is 0.407 e. The van der Waals surface area contributed by atoms with E-state index < -0.39 is 28.5 Å². The van der Waals surface area contributed by atoms with Crippen LogP contribution >= 0.6 is 11.3 Å². The quantitative estimate of drug-likeness (QED) is 0.265. The van der Waals surface area contributed by atoms with Crippen molar-refractivity contribution in [2.45, 2.75) is 49.2 Å². The summed E-state index contributed by atoms with van der Waals surface area (Å²) in [6.07, 6.45) is -1.88. The van der Waals surface area contributed by atoms with Crippen LogP contribution in [-0.4, -0.2) is 69.7 Å². The molecule has 1 saturated heterocycles. The van der Waals surface area contributed by atoms with Gasteiger partial charge in [-0.3, -0.25) is 0 Å². The number of ether oxygens (including phenoxy) is 1. The molecule has 2 aliphatic rings. The minimum atomic E-state index is -4.41. The van der Waals surface area contributed by atoms with Crippen LogP contribution in [0.2, 0.25) is 0 Å². The van der Waals surface area contributed by atoms with E-state index in [1.54, 1.807) is 18.2 Å². The number of rotatable bonds is 7. The summed E-state index contributed by atoms with van der Waals surface area (Å²) in [5.41, 5.74) is 1.54. The third-order valence-corrected chi connectivity index (χ3v) is 10.5. The van der Waals surface area contributed by atoms with E-state index in [0.29, 0.717) is 34.8 Å². The van der Waals surface area contributed by atoms with Crippen molar-refractivity contribution >= 4 is 48.7 Å². The van der Waals surface area contributed by atoms with E-state index in [4.69, 9.17) is 4.74 Å². The molecule has 2 aromatic carbocycles. The predicted molar refractivity (Wildman–Crippen MR) is 161 cm³/mol. The number of nitrogens with zero attached hydrogens (tertiary/aromatic N) is 1. The third kappa shape index (κ3) is 6.96. The molecule has 230 valence electrons. The van der Waals surface area contributed by atoms with E-state index in [0.717, 1.165) is 42.3 Å². The Kier molecular flexibility index (Phi) is 8.46. The van der Waals surface area contributed by atoms with Crippen LogP contribution in [0.3, 0.4) is 0 Å². The van der Waals surface area contributed by atoms with Crippen LogP contribution < -0.4 is 15.4 Å². The number of hydrogen-bond acceptors (Lipinski definition) is 7. The molecule has 0 radical (unpaired) electrons. The fraction of sp³-hybridized carbons (Fsp3) is 0.433. The van der Waals surface area contributed by atoms with Crippen molar-refractivity contribution in [1.29, 1.82) is 0 Å². The van der Waals surface area contributed by atoms with Gasteiger partial charge < -0.3 is 25.4 Å². The van der Waals surface area contributed by atoms with Gasteiger partial charge in [0.05, 0.1) is 45.9 Å². The lowest BCUT2D eigenvalue weighted by molar-refractivity contribution is -0.126. The van der Waals surface area contributed by atoms with E-state index in [1.807, 2.05) is 6.07 Å². The monoisotopic (exact) mass is 635 g/mol. The maximum atomic E-state index is 13.6. The van der Waals surface area contributed by atoms with Gasteiger partial charge in [0.1, 0.15) is 5.75 Å². The number of carboxylic acid groups (broad SMARTS) is 1. The highest BCUT2D eigenvalue weighted by atomic mass is 32.2. The summed E-state index contributed by atoms with van der Waals surface area (Å²) < 4.78 is 70.6. The Bertz CT molecular complexity index is 1690. The van der Waals surface area contributed by atoms with Crippen molar-refractivity contribution in [2.75, 3.05) is 43.6 Å². The number of methoxy groups -OCH3 is 1. The van der Waals surface area contributed by atoms with E-state index >= 15 is 0 Å². The van der Waals surface area contributed by atoms with Gasteiger partial charge in [0.25, 0.3) is 0 Å². The Morgan fingerprint density at radius 1 is 1.19 bits per heavy atom. The minimum absolute atomic E-state index is 0.100. The molecule has 43 heavy (non-hydrogen) atoms. The zero-order valence-electron chi connectivity index (χ0n) is 23.7. The van der Waals surface area contributed by atoms with Crippen LogP contribution in [0.25, 0.3) is 10.1 Å². The Labute approximate surface area is 252 Å². The normalized spacial score (nSPS) is 16.8. The Hall–Kier alpha value is -3.63. The molecule has 2 heterocycles. The summed E-state index contributed by atoms with van der Waals surface area (Å²) in [4.78, 5) is 13.1. The molecule has 1 aliphatic carbocycles. The van der Waals surface area contributed by atoms with E-state index in [-0.39, 0.29) is 28.5 Å². The molecule has 8 nitrogen and oxygen atoms in total. The van der Waals surface area contributed by atoms with Gasteiger partial charge in [0, 0.05) is 31.5 Å². The highest BCUT2D eigenvalue weighted by molar-refractivity contribution is 7.90. The first-order valence-corrected chi connectivity index (χ1v) is 16.4. The van der Waals surface area contributed by atoms with Gasteiger partial charge in [-0.15, -0.1) is 11.3 Å². The van der Waals surface area contributed by atoms with Crippen LogP contribution in [0.5, 0.6) is 5.75 Å². The Morgan fingerprint density at radius 3 is 2.53 bits per heavy atom. The maximum Gasteiger partial charge on any atom is 0.407 e. The van der Waals surface area contributed by atoms with Gasteiger partial charge >= 0.3 is 12.3 Å². The first kappa shape index (κ1) is 30.8. The molecule has 0 atom stereocenters. The minimum Gasteiger partial charge on any atom is -0.495 e. The molecule has 1 aromatic heterocycles. The summed E-state index contributed by atoms with van der Waals surface area (Å²) in [5.74, 6) is 6.14. The van der Waals surface area contributed by atoms with Crippen LogP contribution in [0, 0.1) is 17.3 Å². The largest absolute Gasteiger partial charge is 0.495 e. The maximum absolute atomic E-state index is 13.6. The van der Waals surface area contributed by atoms with Crippen molar-refractivity contribution in [3.63, 3.8) is 0 Å². The van der Waals surface area contributed by atoms with Crippen molar-refractivity contribution in [1.82, 2.24) is 4.90 Å². The second-order valence-corrected chi connectivity index (χ2v) is 14.2. The summed E-state index contributed by atoms with van der Waals surface area (Å²) in [6.45, 7) is 1.15. The van der Waals surface area contributed by atoms with Crippen LogP contribution in [0.4, 0.5) is 29.3 Å². The standard InChI is InChI=1S/C30H32F3N3O5S2/c1-41-25-15-20(43(2,39)40)8-9-23(25)34-12-4-7-26-22(18-30(31,32)33)21-5-3-6-24(27(21)42-26)35-19-16-29(17-19)10-13-36(14-11-29)28(37)38/h3,5-6,8-9,15,19,34-35H,10-14,16-18H2,1-2H3,(H,37,38). The highest BCUT2D eigenvalue weighted by Crippen LogP contribution is 2.50. The van der Waals surface area contributed by atoms with Crippen LogP contribution in [0.1, 0.15) is 36.1 Å². The molecule has 1 amide bonds. The number of benzene rings is 2. The molecule has 1 spiro atoms. The lowest BCUT2D eigenvalue weighted by Crippen LogP contribution is -2.52. The summed E-state index contributed by atoms with van der Waals surface area (Å²) in [5, 5.41) is 16.3. The lowest BCUT2D eigenvalue weighted by atomic mass is 9.60. The fourth-order valence-electron chi connectivity index (χ4n) is 5.96. The summed E-state index contributed by atoms with van der Waals surface area (Å²) in [7, 11) is -2.01. The molecule has 13 heteroatoms. The molecule has 3 aromatic rings.